The van der Waals surface area contributed by atoms with E-state index in [2.05, 4.69) is 5.32 Å². The highest BCUT2D eigenvalue weighted by Crippen LogP contribution is 2.30. The van der Waals surface area contributed by atoms with E-state index < -0.39 is 5.97 Å². The average Bonchev–Trinajstić information content (AvgIpc) is 3.25. The molecule has 1 aliphatic rings. The standard InChI is InChI=1S/C20H21NO6S/c22-15(18-2-1-11-28-18)4-6-20(24)27-13-19(23)21-8-7-14-3-5-16-17(12-14)26-10-9-25-16/h1-3,5,11-12H,4,6-10,13H2,(H,21,23). The highest BCUT2D eigenvalue weighted by molar-refractivity contribution is 7.12. The maximum absolute atomic E-state index is 11.8. The minimum Gasteiger partial charge on any atom is -0.486 e. The van der Waals surface area contributed by atoms with E-state index in [9.17, 15) is 14.4 Å². The molecule has 7 nitrogen and oxygen atoms in total. The number of hydrogen-bond donors (Lipinski definition) is 1. The van der Waals surface area contributed by atoms with Crippen LogP contribution in [0.2, 0.25) is 0 Å². The topological polar surface area (TPSA) is 90.9 Å². The number of amides is 1. The van der Waals surface area contributed by atoms with Gasteiger partial charge >= 0.3 is 5.97 Å². The molecule has 0 spiro atoms. The lowest BCUT2D eigenvalue weighted by molar-refractivity contribution is -0.148. The summed E-state index contributed by atoms with van der Waals surface area (Å²) < 4.78 is 15.9. The molecule has 1 N–H and O–H groups in total. The summed E-state index contributed by atoms with van der Waals surface area (Å²) in [6.45, 7) is 1.13. The summed E-state index contributed by atoms with van der Waals surface area (Å²) >= 11 is 1.34. The van der Waals surface area contributed by atoms with Gasteiger partial charge in [-0.15, -0.1) is 11.3 Å². The Labute approximate surface area is 166 Å². The number of esters is 1. The third-order valence-corrected chi connectivity index (χ3v) is 4.97. The first-order valence-corrected chi connectivity index (χ1v) is 9.87. The van der Waals surface area contributed by atoms with Gasteiger partial charge in [-0.1, -0.05) is 12.1 Å². The summed E-state index contributed by atoms with van der Waals surface area (Å²) in [4.78, 5) is 35.9. The highest BCUT2D eigenvalue weighted by atomic mass is 32.1. The molecular formula is C20H21NO6S. The molecule has 8 heteroatoms. The molecule has 28 heavy (non-hydrogen) atoms. The Balaban J connectivity index is 1.31. The Kier molecular flexibility index (Phi) is 7.02. The lowest BCUT2D eigenvalue weighted by Crippen LogP contribution is -2.30. The fourth-order valence-electron chi connectivity index (χ4n) is 2.63. The third kappa shape index (κ3) is 5.82. The normalized spacial score (nSPS) is 12.3. The van der Waals surface area contributed by atoms with E-state index in [0.29, 0.717) is 36.8 Å². The van der Waals surface area contributed by atoms with E-state index in [1.807, 2.05) is 18.2 Å². The molecule has 1 aromatic carbocycles. The van der Waals surface area contributed by atoms with Crippen molar-refractivity contribution >= 4 is 29.0 Å². The van der Waals surface area contributed by atoms with E-state index in [-0.39, 0.29) is 31.1 Å². The molecule has 0 unspecified atom stereocenters. The number of fused-ring (bicyclic) bond motifs is 1. The van der Waals surface area contributed by atoms with E-state index in [1.165, 1.54) is 11.3 Å². The van der Waals surface area contributed by atoms with Gasteiger partial charge < -0.3 is 19.5 Å². The molecule has 0 bridgehead atoms. The predicted molar refractivity (Wildman–Crippen MR) is 103 cm³/mol. The van der Waals surface area contributed by atoms with Crippen LogP contribution in [0.4, 0.5) is 0 Å². The van der Waals surface area contributed by atoms with Crippen molar-refractivity contribution in [3.63, 3.8) is 0 Å². The zero-order chi connectivity index (χ0) is 19.8. The fraction of sp³-hybridized carbons (Fsp3) is 0.350. The lowest BCUT2D eigenvalue weighted by Gasteiger charge is -2.18. The van der Waals surface area contributed by atoms with Crippen molar-refractivity contribution in [3.05, 3.63) is 46.2 Å². The number of nitrogens with one attached hydrogen (secondary N) is 1. The van der Waals surface area contributed by atoms with Gasteiger partial charge in [-0.2, -0.15) is 0 Å². The van der Waals surface area contributed by atoms with Crippen LogP contribution in [0, 0.1) is 0 Å². The summed E-state index contributed by atoms with van der Waals surface area (Å²) in [5.74, 6) is 0.391. The minimum atomic E-state index is -0.563. The van der Waals surface area contributed by atoms with Gasteiger partial charge in [0.2, 0.25) is 0 Å². The zero-order valence-electron chi connectivity index (χ0n) is 15.3. The first kappa shape index (κ1) is 19.9. The molecule has 0 saturated heterocycles. The second kappa shape index (κ2) is 9.89. The van der Waals surface area contributed by atoms with Crippen molar-refractivity contribution in [2.24, 2.45) is 0 Å². The van der Waals surface area contributed by atoms with Crippen LogP contribution in [0.1, 0.15) is 28.1 Å². The molecule has 0 aliphatic carbocycles. The van der Waals surface area contributed by atoms with Crippen molar-refractivity contribution in [3.8, 4) is 11.5 Å². The smallest absolute Gasteiger partial charge is 0.306 e. The van der Waals surface area contributed by atoms with Crippen molar-refractivity contribution in [2.75, 3.05) is 26.4 Å². The maximum Gasteiger partial charge on any atom is 0.306 e. The van der Waals surface area contributed by atoms with Crippen LogP contribution < -0.4 is 14.8 Å². The van der Waals surface area contributed by atoms with Crippen molar-refractivity contribution in [2.45, 2.75) is 19.3 Å². The fourth-order valence-corrected chi connectivity index (χ4v) is 3.33. The number of benzene rings is 1. The largest absolute Gasteiger partial charge is 0.486 e. The molecular weight excluding hydrogens is 382 g/mol. The van der Waals surface area contributed by atoms with Crippen LogP contribution in [0.25, 0.3) is 0 Å². The van der Waals surface area contributed by atoms with E-state index in [1.54, 1.807) is 17.5 Å². The number of rotatable bonds is 9. The van der Waals surface area contributed by atoms with Crippen LogP contribution in [-0.2, 0) is 20.7 Å². The van der Waals surface area contributed by atoms with E-state index >= 15 is 0 Å². The van der Waals surface area contributed by atoms with Crippen LogP contribution in [-0.4, -0.2) is 44.0 Å². The van der Waals surface area contributed by atoms with Gasteiger partial charge in [0.1, 0.15) is 13.2 Å². The van der Waals surface area contributed by atoms with E-state index in [4.69, 9.17) is 14.2 Å². The van der Waals surface area contributed by atoms with Crippen LogP contribution in [0.3, 0.4) is 0 Å². The molecule has 0 atom stereocenters. The van der Waals surface area contributed by atoms with Crippen LogP contribution in [0.15, 0.2) is 35.7 Å². The van der Waals surface area contributed by atoms with Gasteiger partial charge in [-0.05, 0) is 35.6 Å². The SMILES string of the molecule is O=C(COC(=O)CCC(=O)c1cccs1)NCCc1ccc2c(c1)OCCO2. The Bertz CT molecular complexity index is 833. The molecule has 2 aromatic rings. The second-order valence-electron chi connectivity index (χ2n) is 6.14. The molecule has 2 heterocycles. The molecule has 1 aliphatic heterocycles. The highest BCUT2D eigenvalue weighted by Gasteiger charge is 2.13. The Hall–Kier alpha value is -2.87. The van der Waals surface area contributed by atoms with Gasteiger partial charge in [-0.25, -0.2) is 0 Å². The van der Waals surface area contributed by atoms with Crippen LogP contribution in [0.5, 0.6) is 11.5 Å². The van der Waals surface area contributed by atoms with Crippen molar-refractivity contribution in [1.82, 2.24) is 5.32 Å². The number of carbonyl (C=O) groups excluding carboxylic acids is 3. The molecule has 148 valence electrons. The number of ketones is 1. The average molecular weight is 403 g/mol. The summed E-state index contributed by atoms with van der Waals surface area (Å²) in [7, 11) is 0. The number of hydrogen-bond acceptors (Lipinski definition) is 7. The molecule has 0 radical (unpaired) electrons. The lowest BCUT2D eigenvalue weighted by atomic mass is 10.1. The van der Waals surface area contributed by atoms with Gasteiger partial charge in [-0.3, -0.25) is 14.4 Å². The maximum atomic E-state index is 11.8. The summed E-state index contributed by atoms with van der Waals surface area (Å²) in [5.41, 5.74) is 1.01. The van der Waals surface area contributed by atoms with Crippen molar-refractivity contribution in [1.29, 1.82) is 0 Å². The Morgan fingerprint density at radius 3 is 2.68 bits per heavy atom. The van der Waals surface area contributed by atoms with E-state index in [0.717, 1.165) is 11.3 Å². The molecule has 0 saturated carbocycles. The van der Waals surface area contributed by atoms with Gasteiger partial charge in [0.25, 0.3) is 5.91 Å². The first-order chi connectivity index (χ1) is 13.6. The summed E-state index contributed by atoms with van der Waals surface area (Å²) in [6.07, 6.45) is 0.651. The third-order valence-electron chi connectivity index (χ3n) is 4.06. The van der Waals surface area contributed by atoms with Gasteiger partial charge in [0.05, 0.1) is 11.3 Å². The van der Waals surface area contributed by atoms with Gasteiger partial charge in [0.15, 0.2) is 23.9 Å². The van der Waals surface area contributed by atoms with Gasteiger partial charge in [0, 0.05) is 13.0 Å². The zero-order valence-corrected chi connectivity index (χ0v) is 16.1. The number of thiophene rings is 1. The molecule has 0 fully saturated rings. The molecule has 1 amide bonds. The predicted octanol–water partition coefficient (Wildman–Crippen LogP) is 2.38. The Morgan fingerprint density at radius 2 is 1.89 bits per heavy atom. The number of Topliss-reactive ketones (excluding diaryl/α,β-unsaturated/α-hetero) is 1. The van der Waals surface area contributed by atoms with Crippen LogP contribution >= 0.6 is 11.3 Å². The minimum absolute atomic E-state index is 0.0405. The first-order valence-electron chi connectivity index (χ1n) is 8.99. The number of ether oxygens (including phenoxy) is 3. The Morgan fingerprint density at radius 1 is 1.07 bits per heavy atom. The quantitative estimate of drug-likeness (QED) is 0.511. The monoisotopic (exact) mass is 403 g/mol. The summed E-state index contributed by atoms with van der Waals surface area (Å²) in [5, 5.41) is 4.51. The summed E-state index contributed by atoms with van der Waals surface area (Å²) in [6, 6.07) is 9.17. The number of carbonyl (C=O) groups is 3. The second-order valence-corrected chi connectivity index (χ2v) is 7.09. The van der Waals surface area contributed by atoms with Crippen molar-refractivity contribution < 1.29 is 28.6 Å². The molecule has 1 aromatic heterocycles. The molecule has 3 rings (SSSR count).